The van der Waals surface area contributed by atoms with Gasteiger partial charge in [-0.05, 0) is 49.9 Å². The van der Waals surface area contributed by atoms with Crippen LogP contribution in [0.5, 0.6) is 5.75 Å². The lowest BCUT2D eigenvalue weighted by molar-refractivity contribution is 0.135. The van der Waals surface area contributed by atoms with Crippen molar-refractivity contribution in [2.75, 3.05) is 6.61 Å². The number of nitrogens with zero attached hydrogens (tertiary/aromatic N) is 4. The summed E-state index contributed by atoms with van der Waals surface area (Å²) in [6, 6.07) is 5.31. The van der Waals surface area contributed by atoms with Gasteiger partial charge in [-0.25, -0.2) is 8.78 Å². The van der Waals surface area contributed by atoms with Crippen LogP contribution in [0.4, 0.5) is 8.78 Å². The molecule has 0 saturated heterocycles. The van der Waals surface area contributed by atoms with E-state index >= 15 is 0 Å². The van der Waals surface area contributed by atoms with Crippen molar-refractivity contribution < 1.29 is 13.5 Å². The Labute approximate surface area is 146 Å². The summed E-state index contributed by atoms with van der Waals surface area (Å²) in [6.07, 6.45) is -0.882. The molecule has 0 bridgehead atoms. The summed E-state index contributed by atoms with van der Waals surface area (Å²) in [7, 11) is 0. The molecule has 0 unspecified atom stereocenters. The van der Waals surface area contributed by atoms with Crippen LogP contribution in [0.25, 0.3) is 6.08 Å². The van der Waals surface area contributed by atoms with E-state index < -0.39 is 12.2 Å². The van der Waals surface area contributed by atoms with E-state index in [4.69, 9.17) is 16.3 Å². The van der Waals surface area contributed by atoms with Crippen LogP contribution in [0, 0.1) is 0 Å². The third-order valence-corrected chi connectivity index (χ3v) is 4.50. The number of hydrogen-bond donors (Lipinski definition) is 0. The Morgan fingerprint density at radius 3 is 2.88 bits per heavy atom. The van der Waals surface area contributed by atoms with Crippen LogP contribution in [0.15, 0.2) is 33.4 Å². The minimum absolute atomic E-state index is 0.294. The standard InChI is InChI=1S/C15H13ClF2N4OS/c1-3-23-11-5-4-10(16)6-9(11)7-12-8(2)21-22-14(13(17)18)19-20-15(22)24-12/h4-7,13H,3H2,1-2H3. The molecule has 9 heteroatoms. The summed E-state index contributed by atoms with van der Waals surface area (Å²) in [5, 5.41) is 12.3. The molecule has 0 amide bonds. The summed E-state index contributed by atoms with van der Waals surface area (Å²) >= 11 is 7.28. The number of allylic oxidation sites excluding steroid dienone is 1. The van der Waals surface area contributed by atoms with Gasteiger partial charge in [-0.1, -0.05) is 11.6 Å². The number of ether oxygens (including phenoxy) is 1. The van der Waals surface area contributed by atoms with E-state index in [9.17, 15) is 8.78 Å². The van der Waals surface area contributed by atoms with E-state index in [0.717, 1.165) is 15.1 Å². The fraction of sp³-hybridized carbons (Fsp3) is 0.267. The quantitative estimate of drug-likeness (QED) is 0.786. The Bertz CT molecular complexity index is 835. The van der Waals surface area contributed by atoms with Crippen LogP contribution in [-0.2, 0) is 0 Å². The number of alkyl halides is 2. The highest BCUT2D eigenvalue weighted by atomic mass is 35.5. The number of thioether (sulfide) groups is 1. The second-order valence-electron chi connectivity index (χ2n) is 4.86. The Kier molecular flexibility index (Phi) is 4.86. The topological polar surface area (TPSA) is 52.3 Å². The Balaban J connectivity index is 2.00. The van der Waals surface area contributed by atoms with Crippen molar-refractivity contribution >= 4 is 35.2 Å². The largest absolute Gasteiger partial charge is 0.493 e. The molecule has 5 nitrogen and oxygen atoms in total. The molecular weight excluding hydrogens is 358 g/mol. The maximum atomic E-state index is 12.9. The van der Waals surface area contributed by atoms with Gasteiger partial charge in [0.1, 0.15) is 5.75 Å². The second-order valence-corrected chi connectivity index (χ2v) is 6.31. The Hall–Kier alpha value is -1.93. The number of aromatic nitrogens is 3. The highest BCUT2D eigenvalue weighted by Gasteiger charge is 2.25. The molecule has 0 aliphatic carbocycles. The minimum Gasteiger partial charge on any atom is -0.493 e. The summed E-state index contributed by atoms with van der Waals surface area (Å²) in [5.41, 5.74) is 1.36. The first-order valence-electron chi connectivity index (χ1n) is 7.11. The monoisotopic (exact) mass is 370 g/mol. The van der Waals surface area contributed by atoms with Gasteiger partial charge in [-0.2, -0.15) is 9.78 Å². The molecule has 0 atom stereocenters. The van der Waals surface area contributed by atoms with Crippen LogP contribution < -0.4 is 4.74 Å². The molecule has 1 aliphatic rings. The first-order valence-corrected chi connectivity index (χ1v) is 8.30. The molecule has 2 aromatic rings. The van der Waals surface area contributed by atoms with E-state index in [1.807, 2.05) is 13.0 Å². The molecule has 2 heterocycles. The number of halogens is 3. The fourth-order valence-electron chi connectivity index (χ4n) is 2.14. The first-order chi connectivity index (χ1) is 11.5. The van der Waals surface area contributed by atoms with Crippen molar-refractivity contribution in [1.82, 2.24) is 14.9 Å². The normalized spacial score (nSPS) is 15.6. The van der Waals surface area contributed by atoms with Crippen LogP contribution in [0.3, 0.4) is 0 Å². The van der Waals surface area contributed by atoms with Crippen LogP contribution in [0.2, 0.25) is 5.02 Å². The molecule has 24 heavy (non-hydrogen) atoms. The molecule has 0 fully saturated rings. The van der Waals surface area contributed by atoms with Gasteiger partial charge in [0.2, 0.25) is 11.0 Å². The first kappa shape index (κ1) is 16.9. The van der Waals surface area contributed by atoms with Crippen molar-refractivity contribution in [3.8, 4) is 5.75 Å². The average Bonchev–Trinajstić information content (AvgIpc) is 2.93. The summed E-state index contributed by atoms with van der Waals surface area (Å²) < 4.78 is 32.4. The van der Waals surface area contributed by atoms with Crippen molar-refractivity contribution in [3.63, 3.8) is 0 Å². The summed E-state index contributed by atoms with van der Waals surface area (Å²) in [6.45, 7) is 4.15. The maximum Gasteiger partial charge on any atom is 0.299 e. The molecule has 0 radical (unpaired) electrons. The van der Waals surface area contributed by atoms with Crippen LogP contribution in [-0.4, -0.2) is 27.2 Å². The number of fused-ring (bicyclic) bond motifs is 1. The smallest absolute Gasteiger partial charge is 0.299 e. The highest BCUT2D eigenvalue weighted by Crippen LogP contribution is 2.36. The van der Waals surface area contributed by atoms with Gasteiger partial charge in [0.05, 0.1) is 12.3 Å². The summed E-state index contributed by atoms with van der Waals surface area (Å²) in [5.74, 6) is 0.219. The van der Waals surface area contributed by atoms with Gasteiger partial charge in [0, 0.05) is 15.5 Å². The van der Waals surface area contributed by atoms with Gasteiger partial charge in [0.25, 0.3) is 6.43 Å². The van der Waals surface area contributed by atoms with Crippen LogP contribution >= 0.6 is 23.4 Å². The lowest BCUT2D eigenvalue weighted by Gasteiger charge is -2.15. The lowest BCUT2D eigenvalue weighted by atomic mass is 10.1. The predicted molar refractivity (Wildman–Crippen MR) is 89.9 cm³/mol. The average molecular weight is 371 g/mol. The number of rotatable bonds is 4. The Morgan fingerprint density at radius 1 is 1.38 bits per heavy atom. The molecule has 1 aromatic heterocycles. The van der Waals surface area contributed by atoms with E-state index in [1.54, 1.807) is 25.1 Å². The molecular formula is C15H13ClF2N4OS. The van der Waals surface area contributed by atoms with Crippen molar-refractivity contribution in [3.05, 3.63) is 39.5 Å². The third kappa shape index (κ3) is 3.29. The molecule has 1 aliphatic heterocycles. The molecule has 0 saturated carbocycles. The van der Waals surface area contributed by atoms with Crippen molar-refractivity contribution in [2.24, 2.45) is 5.10 Å². The fourth-order valence-corrected chi connectivity index (χ4v) is 3.19. The number of hydrogen-bond acceptors (Lipinski definition) is 5. The second kappa shape index (κ2) is 6.90. The molecule has 0 spiro atoms. The third-order valence-electron chi connectivity index (χ3n) is 3.20. The van der Waals surface area contributed by atoms with Crippen molar-refractivity contribution in [1.29, 1.82) is 0 Å². The SMILES string of the molecule is CCOc1ccc(Cl)cc1C=C1Sc2nnc(C(F)F)n2N=C1C. The summed E-state index contributed by atoms with van der Waals surface area (Å²) in [4.78, 5) is 0.763. The highest BCUT2D eigenvalue weighted by molar-refractivity contribution is 8.04. The lowest BCUT2D eigenvalue weighted by Crippen LogP contribution is -2.09. The van der Waals surface area contributed by atoms with Gasteiger partial charge in [0.15, 0.2) is 0 Å². The zero-order valence-corrected chi connectivity index (χ0v) is 14.4. The van der Waals surface area contributed by atoms with E-state index in [1.165, 1.54) is 11.8 Å². The van der Waals surface area contributed by atoms with Gasteiger partial charge in [-0.15, -0.1) is 10.2 Å². The van der Waals surface area contributed by atoms with Gasteiger partial charge >= 0.3 is 0 Å². The maximum absolute atomic E-state index is 12.9. The zero-order valence-electron chi connectivity index (χ0n) is 12.8. The van der Waals surface area contributed by atoms with E-state index in [-0.39, 0.29) is 0 Å². The molecule has 126 valence electrons. The molecule has 3 rings (SSSR count). The Morgan fingerprint density at radius 2 is 2.17 bits per heavy atom. The van der Waals surface area contributed by atoms with Crippen LogP contribution in [0.1, 0.15) is 31.7 Å². The van der Waals surface area contributed by atoms with E-state index in [0.29, 0.717) is 28.2 Å². The minimum atomic E-state index is -2.73. The zero-order chi connectivity index (χ0) is 17.3. The number of benzene rings is 1. The van der Waals surface area contributed by atoms with Gasteiger partial charge in [-0.3, -0.25) is 0 Å². The molecule has 0 N–H and O–H groups in total. The molecule has 1 aromatic carbocycles. The predicted octanol–water partition coefficient (Wildman–Crippen LogP) is 4.64. The van der Waals surface area contributed by atoms with Crippen molar-refractivity contribution in [2.45, 2.75) is 25.4 Å². The van der Waals surface area contributed by atoms with E-state index in [2.05, 4.69) is 15.3 Å². The van der Waals surface area contributed by atoms with Gasteiger partial charge < -0.3 is 4.74 Å².